The quantitative estimate of drug-likeness (QED) is 0.155. The third-order valence-electron chi connectivity index (χ3n) is 2.36. The molecule has 0 bridgehead atoms. The average Bonchev–Trinajstić information content (AvgIpc) is 2.39. The van der Waals surface area contributed by atoms with Crippen molar-refractivity contribution < 1.29 is 29.7 Å². The molecule has 0 spiro atoms. The number of unbranched alkanes of at least 4 members (excludes halogenated alkanes) is 1. The lowest BCUT2D eigenvalue weighted by Crippen LogP contribution is -2.34. The summed E-state index contributed by atoms with van der Waals surface area (Å²) in [5.74, 6) is -2.85. The van der Waals surface area contributed by atoms with Crippen molar-refractivity contribution >= 4 is 23.9 Å². The summed E-state index contributed by atoms with van der Waals surface area (Å²) < 4.78 is 0. The second-order valence-corrected chi connectivity index (χ2v) is 4.42. The summed E-state index contributed by atoms with van der Waals surface area (Å²) in [6.45, 7) is 0.482. The number of carbonyl (C=O) groups is 3. The third kappa shape index (κ3) is 20.0. The van der Waals surface area contributed by atoms with Crippen molar-refractivity contribution in [2.45, 2.75) is 44.6 Å². The van der Waals surface area contributed by atoms with Crippen LogP contribution in [0.4, 0.5) is 0 Å². The zero-order chi connectivity index (χ0) is 17.5. The second-order valence-electron chi connectivity index (χ2n) is 4.42. The molecule has 0 saturated heterocycles. The van der Waals surface area contributed by atoms with E-state index in [1.54, 1.807) is 0 Å². The van der Waals surface area contributed by atoms with Gasteiger partial charge in [-0.2, -0.15) is 0 Å². The number of hydrogen-bond acceptors (Lipinski definition) is 5. The highest BCUT2D eigenvalue weighted by Crippen LogP contribution is 1.98. The molecule has 1 atom stereocenters. The van der Waals surface area contributed by atoms with Crippen LogP contribution in [-0.4, -0.2) is 51.8 Å². The SMILES string of the molecule is N=C(N)NCCCC(N)C(=O)O.O=C(O)CCCCC(=O)O. The van der Waals surface area contributed by atoms with Gasteiger partial charge >= 0.3 is 17.9 Å². The van der Waals surface area contributed by atoms with Crippen LogP contribution in [0.3, 0.4) is 0 Å². The molecule has 0 radical (unpaired) electrons. The maximum Gasteiger partial charge on any atom is 0.320 e. The molecule has 10 heteroatoms. The molecule has 0 aromatic rings. The van der Waals surface area contributed by atoms with Gasteiger partial charge in [0.2, 0.25) is 0 Å². The van der Waals surface area contributed by atoms with Gasteiger partial charge in [-0.05, 0) is 25.7 Å². The van der Waals surface area contributed by atoms with Crippen LogP contribution >= 0.6 is 0 Å². The van der Waals surface area contributed by atoms with E-state index < -0.39 is 23.9 Å². The van der Waals surface area contributed by atoms with Gasteiger partial charge in [0, 0.05) is 19.4 Å². The molecule has 0 aromatic carbocycles. The Morgan fingerprint density at radius 2 is 1.45 bits per heavy atom. The number of hydrogen-bond donors (Lipinski definition) is 7. The predicted molar refractivity (Wildman–Crippen MR) is 78.5 cm³/mol. The van der Waals surface area contributed by atoms with E-state index >= 15 is 0 Å². The van der Waals surface area contributed by atoms with Gasteiger partial charge in [0.15, 0.2) is 5.96 Å². The van der Waals surface area contributed by atoms with E-state index in [1.165, 1.54) is 0 Å². The van der Waals surface area contributed by atoms with Crippen LogP contribution in [-0.2, 0) is 14.4 Å². The first-order chi connectivity index (χ1) is 10.2. The molecule has 1 unspecified atom stereocenters. The van der Waals surface area contributed by atoms with Gasteiger partial charge in [-0.1, -0.05) is 0 Å². The van der Waals surface area contributed by atoms with Gasteiger partial charge in [-0.15, -0.1) is 0 Å². The van der Waals surface area contributed by atoms with E-state index in [9.17, 15) is 14.4 Å². The molecule has 0 heterocycles. The highest BCUT2D eigenvalue weighted by molar-refractivity contribution is 5.74. The van der Waals surface area contributed by atoms with Crippen molar-refractivity contribution in [3.8, 4) is 0 Å². The molecule has 9 N–H and O–H groups in total. The Kier molecular flexibility index (Phi) is 13.6. The zero-order valence-corrected chi connectivity index (χ0v) is 12.2. The normalized spacial score (nSPS) is 10.8. The van der Waals surface area contributed by atoms with E-state index in [0.717, 1.165) is 0 Å². The predicted octanol–water partition coefficient (Wildman–Crippen LogP) is -0.622. The monoisotopic (exact) mass is 320 g/mol. The number of guanidine groups is 1. The van der Waals surface area contributed by atoms with E-state index in [4.69, 9.17) is 32.2 Å². The molecule has 0 fully saturated rings. The minimum Gasteiger partial charge on any atom is -0.481 e. The Bertz CT molecular complexity index is 359. The lowest BCUT2D eigenvalue weighted by Gasteiger charge is -2.06. The summed E-state index contributed by atoms with van der Waals surface area (Å²) in [7, 11) is 0. The first-order valence-corrected chi connectivity index (χ1v) is 6.66. The Labute approximate surface area is 128 Å². The summed E-state index contributed by atoms with van der Waals surface area (Å²) in [6.07, 6.45) is 1.99. The smallest absolute Gasteiger partial charge is 0.320 e. The Morgan fingerprint density at radius 3 is 1.77 bits per heavy atom. The summed E-state index contributed by atoms with van der Waals surface area (Å²) in [4.78, 5) is 30.0. The standard InChI is InChI=1S/C6H14N4O2.C6H10O4/c7-4(5(11)12)2-1-3-10-6(8)9;7-5(8)3-1-2-4-6(9)10/h4H,1-3,7H2,(H,11,12)(H4,8,9,10);1-4H2,(H,7,8)(H,9,10). The number of rotatable bonds is 10. The Balaban J connectivity index is 0. The Morgan fingerprint density at radius 1 is 1.00 bits per heavy atom. The van der Waals surface area contributed by atoms with Crippen molar-refractivity contribution in [2.24, 2.45) is 11.5 Å². The molecule has 0 rings (SSSR count). The maximum atomic E-state index is 10.2. The van der Waals surface area contributed by atoms with Crippen molar-refractivity contribution in [1.82, 2.24) is 5.32 Å². The maximum absolute atomic E-state index is 10.2. The van der Waals surface area contributed by atoms with Crippen molar-refractivity contribution in [3.63, 3.8) is 0 Å². The second kappa shape index (κ2) is 13.6. The van der Waals surface area contributed by atoms with Gasteiger partial charge in [0.05, 0.1) is 0 Å². The molecule has 0 amide bonds. The molecule has 0 aromatic heterocycles. The van der Waals surface area contributed by atoms with Crippen LogP contribution < -0.4 is 16.8 Å². The molecule has 10 nitrogen and oxygen atoms in total. The first kappa shape index (κ1) is 21.9. The van der Waals surface area contributed by atoms with E-state index in [-0.39, 0.29) is 18.8 Å². The summed E-state index contributed by atoms with van der Waals surface area (Å²) >= 11 is 0. The van der Waals surface area contributed by atoms with Crippen molar-refractivity contribution in [2.75, 3.05) is 6.54 Å². The molecule has 128 valence electrons. The zero-order valence-electron chi connectivity index (χ0n) is 12.2. The topological polar surface area (TPSA) is 200 Å². The van der Waals surface area contributed by atoms with Crippen LogP contribution in [0, 0.1) is 5.41 Å². The number of aliphatic carboxylic acids is 3. The molecule has 0 aliphatic rings. The molecule has 0 aliphatic heterocycles. The lowest BCUT2D eigenvalue weighted by molar-refractivity contribution is -0.139. The largest absolute Gasteiger partial charge is 0.481 e. The fraction of sp³-hybridized carbons (Fsp3) is 0.667. The van der Waals surface area contributed by atoms with Crippen LogP contribution in [0.2, 0.25) is 0 Å². The highest BCUT2D eigenvalue weighted by Gasteiger charge is 2.09. The van der Waals surface area contributed by atoms with E-state index in [2.05, 4.69) is 5.32 Å². The Hall–Kier alpha value is -2.36. The average molecular weight is 320 g/mol. The van der Waals surface area contributed by atoms with Crippen molar-refractivity contribution in [1.29, 1.82) is 5.41 Å². The fourth-order valence-electron chi connectivity index (χ4n) is 1.22. The molecular weight excluding hydrogens is 296 g/mol. The van der Waals surface area contributed by atoms with Crippen LogP contribution in [0.1, 0.15) is 38.5 Å². The van der Waals surface area contributed by atoms with Crippen molar-refractivity contribution in [3.05, 3.63) is 0 Å². The molecular formula is C12H24N4O6. The number of carboxylic acids is 3. The van der Waals surface area contributed by atoms with Gasteiger partial charge in [0.25, 0.3) is 0 Å². The van der Waals surface area contributed by atoms with Crippen LogP contribution in [0.25, 0.3) is 0 Å². The van der Waals surface area contributed by atoms with Gasteiger partial charge in [-0.3, -0.25) is 19.8 Å². The number of carboxylic acid groups (broad SMARTS) is 3. The number of nitrogens with two attached hydrogens (primary N) is 2. The summed E-state index contributed by atoms with van der Waals surface area (Å²) in [5.41, 5.74) is 10.2. The third-order valence-corrected chi connectivity index (χ3v) is 2.36. The van der Waals surface area contributed by atoms with E-state index in [0.29, 0.717) is 32.2 Å². The fourth-order valence-corrected chi connectivity index (χ4v) is 1.22. The lowest BCUT2D eigenvalue weighted by atomic mass is 10.2. The summed E-state index contributed by atoms with van der Waals surface area (Å²) in [5, 5.41) is 34.0. The minimum absolute atomic E-state index is 0.0628. The van der Waals surface area contributed by atoms with Gasteiger partial charge < -0.3 is 32.1 Å². The molecule has 0 saturated carbocycles. The first-order valence-electron chi connectivity index (χ1n) is 6.66. The van der Waals surface area contributed by atoms with E-state index in [1.807, 2.05) is 0 Å². The highest BCUT2D eigenvalue weighted by atomic mass is 16.4. The summed E-state index contributed by atoms with van der Waals surface area (Å²) in [6, 6.07) is -0.821. The number of nitrogens with one attached hydrogen (secondary N) is 2. The van der Waals surface area contributed by atoms with Crippen LogP contribution in [0.5, 0.6) is 0 Å². The minimum atomic E-state index is -1.00. The van der Waals surface area contributed by atoms with Gasteiger partial charge in [-0.25, -0.2) is 0 Å². The molecule has 22 heavy (non-hydrogen) atoms. The molecule has 0 aliphatic carbocycles. The van der Waals surface area contributed by atoms with Gasteiger partial charge in [0.1, 0.15) is 6.04 Å². The van der Waals surface area contributed by atoms with Crippen LogP contribution in [0.15, 0.2) is 0 Å².